The zero-order valence-corrected chi connectivity index (χ0v) is 8.49. The van der Waals surface area contributed by atoms with Gasteiger partial charge in [-0.05, 0) is 18.2 Å². The number of halogens is 1. The highest BCUT2D eigenvalue weighted by molar-refractivity contribution is 6.30. The summed E-state index contributed by atoms with van der Waals surface area (Å²) in [6.07, 6.45) is 0. The van der Waals surface area contributed by atoms with Gasteiger partial charge < -0.3 is 9.52 Å². The zero-order valence-electron chi connectivity index (χ0n) is 7.74. The molecule has 1 aromatic carbocycles. The predicted molar refractivity (Wildman–Crippen MR) is 55.0 cm³/mol. The van der Waals surface area contributed by atoms with Gasteiger partial charge in [0, 0.05) is 5.56 Å². The summed E-state index contributed by atoms with van der Waals surface area (Å²) in [5, 5.41) is 8.82. The quantitative estimate of drug-likeness (QED) is 0.639. The number of rotatable bonds is 3. The number of carbonyl (C=O) groups excluding carboxylic acids is 1. The van der Waals surface area contributed by atoms with Crippen molar-refractivity contribution in [2.45, 2.75) is 6.61 Å². The second-order valence-corrected chi connectivity index (χ2v) is 3.27. The first-order valence-corrected chi connectivity index (χ1v) is 4.87. The minimum absolute atomic E-state index is 0.0630. The number of hydrogen-bond acceptors (Lipinski definition) is 4. The summed E-state index contributed by atoms with van der Waals surface area (Å²) in [6.45, 7) is -0.256. The number of alkyl halides is 1. The Morgan fingerprint density at radius 2 is 2.33 bits per heavy atom. The highest BCUT2D eigenvalue weighted by atomic mass is 35.5. The van der Waals surface area contributed by atoms with Crippen LogP contribution in [-0.2, 0) is 6.61 Å². The third-order valence-electron chi connectivity index (χ3n) is 2.01. The van der Waals surface area contributed by atoms with Crippen LogP contribution in [0.5, 0.6) is 0 Å². The number of fused-ring (bicyclic) bond motifs is 1. The first-order chi connectivity index (χ1) is 7.24. The number of aliphatic hydroxyl groups is 1. The van der Waals surface area contributed by atoms with Crippen LogP contribution < -0.4 is 0 Å². The van der Waals surface area contributed by atoms with Crippen molar-refractivity contribution in [2.24, 2.45) is 0 Å². The Balaban J connectivity index is 2.50. The van der Waals surface area contributed by atoms with Crippen LogP contribution in [0.15, 0.2) is 22.6 Å². The van der Waals surface area contributed by atoms with Crippen molar-refractivity contribution in [1.29, 1.82) is 0 Å². The Morgan fingerprint density at radius 1 is 1.53 bits per heavy atom. The van der Waals surface area contributed by atoms with Gasteiger partial charge >= 0.3 is 0 Å². The summed E-state index contributed by atoms with van der Waals surface area (Å²) in [6, 6.07) is 4.88. The Morgan fingerprint density at radius 3 is 3.00 bits per heavy atom. The molecule has 2 rings (SSSR count). The van der Waals surface area contributed by atoms with Crippen molar-refractivity contribution >= 4 is 28.5 Å². The molecule has 1 N–H and O–H groups in total. The van der Waals surface area contributed by atoms with Crippen LogP contribution in [0.25, 0.3) is 11.1 Å². The van der Waals surface area contributed by atoms with Crippen LogP contribution in [-0.4, -0.2) is 21.8 Å². The van der Waals surface area contributed by atoms with E-state index in [2.05, 4.69) is 4.98 Å². The minimum Gasteiger partial charge on any atom is -0.438 e. The second-order valence-electron chi connectivity index (χ2n) is 3.01. The molecule has 0 saturated carbocycles. The smallest absolute Gasteiger partial charge is 0.221 e. The number of carbonyl (C=O) groups is 1. The fraction of sp³-hybridized carbons (Fsp3) is 0.200. The van der Waals surface area contributed by atoms with Crippen LogP contribution in [0.2, 0.25) is 0 Å². The summed E-state index contributed by atoms with van der Waals surface area (Å²) >= 11 is 5.43. The average Bonchev–Trinajstić information content (AvgIpc) is 2.69. The number of hydrogen-bond donors (Lipinski definition) is 1. The number of benzene rings is 1. The monoisotopic (exact) mass is 225 g/mol. The van der Waals surface area contributed by atoms with Crippen molar-refractivity contribution < 1.29 is 14.3 Å². The van der Waals surface area contributed by atoms with E-state index in [1.807, 2.05) is 0 Å². The van der Waals surface area contributed by atoms with Gasteiger partial charge in [0.25, 0.3) is 0 Å². The van der Waals surface area contributed by atoms with Crippen molar-refractivity contribution in [3.8, 4) is 0 Å². The lowest BCUT2D eigenvalue weighted by molar-refractivity contribution is 0.102. The number of aromatic nitrogens is 1. The molecule has 1 heterocycles. The van der Waals surface area contributed by atoms with E-state index in [1.165, 1.54) is 0 Å². The first kappa shape index (κ1) is 10.1. The fourth-order valence-corrected chi connectivity index (χ4v) is 1.44. The highest BCUT2D eigenvalue weighted by Crippen LogP contribution is 2.17. The van der Waals surface area contributed by atoms with Crippen LogP contribution in [0, 0.1) is 0 Å². The third-order valence-corrected chi connectivity index (χ3v) is 2.25. The Bertz CT molecular complexity index is 506. The van der Waals surface area contributed by atoms with E-state index in [9.17, 15) is 4.79 Å². The van der Waals surface area contributed by atoms with Gasteiger partial charge in [0.1, 0.15) is 12.1 Å². The first-order valence-electron chi connectivity index (χ1n) is 4.34. The summed E-state index contributed by atoms with van der Waals surface area (Å²) in [5.41, 5.74) is 1.58. The molecule has 15 heavy (non-hydrogen) atoms. The number of nitrogens with zero attached hydrogens (tertiary/aromatic N) is 1. The molecule has 0 radical (unpaired) electrons. The topological polar surface area (TPSA) is 63.3 Å². The fourth-order valence-electron chi connectivity index (χ4n) is 1.29. The highest BCUT2D eigenvalue weighted by Gasteiger charge is 2.09. The number of Topliss-reactive ketones (excluding diaryl/α,β-unsaturated/α-hetero) is 1. The molecule has 0 amide bonds. The van der Waals surface area contributed by atoms with E-state index in [4.69, 9.17) is 21.1 Å². The molecule has 78 valence electrons. The van der Waals surface area contributed by atoms with E-state index in [0.29, 0.717) is 16.7 Å². The molecule has 1 aromatic heterocycles. The van der Waals surface area contributed by atoms with E-state index in [-0.39, 0.29) is 24.2 Å². The van der Waals surface area contributed by atoms with E-state index in [0.717, 1.165) is 0 Å². The third kappa shape index (κ3) is 1.86. The molecular weight excluding hydrogens is 218 g/mol. The molecule has 0 atom stereocenters. The van der Waals surface area contributed by atoms with Crippen LogP contribution in [0.3, 0.4) is 0 Å². The molecule has 5 heteroatoms. The Hall–Kier alpha value is -1.39. The maximum absolute atomic E-state index is 11.3. The van der Waals surface area contributed by atoms with E-state index in [1.54, 1.807) is 18.2 Å². The lowest BCUT2D eigenvalue weighted by atomic mass is 10.1. The summed E-state index contributed by atoms with van der Waals surface area (Å²) in [7, 11) is 0. The average molecular weight is 226 g/mol. The zero-order chi connectivity index (χ0) is 10.8. The minimum atomic E-state index is -0.256. The summed E-state index contributed by atoms with van der Waals surface area (Å²) in [4.78, 5) is 15.3. The van der Waals surface area contributed by atoms with Crippen LogP contribution in [0.4, 0.5) is 0 Å². The van der Waals surface area contributed by atoms with E-state index >= 15 is 0 Å². The SMILES string of the molecule is O=C(CCl)c1ccc2nc(CO)oc2c1. The molecule has 0 fully saturated rings. The summed E-state index contributed by atoms with van der Waals surface area (Å²) < 4.78 is 5.20. The molecule has 0 aliphatic heterocycles. The molecule has 0 aliphatic rings. The molecular formula is C10H8ClNO3. The lowest BCUT2D eigenvalue weighted by Crippen LogP contribution is -1.99. The summed E-state index contributed by atoms with van der Waals surface area (Å²) in [5.74, 6) is 0.00736. The van der Waals surface area contributed by atoms with Crippen molar-refractivity contribution in [3.63, 3.8) is 0 Å². The normalized spacial score (nSPS) is 10.8. The number of aliphatic hydroxyl groups excluding tert-OH is 1. The van der Waals surface area contributed by atoms with Gasteiger partial charge in [0.15, 0.2) is 11.4 Å². The Kier molecular flexibility index (Phi) is 2.70. The number of oxazole rings is 1. The van der Waals surface area contributed by atoms with E-state index < -0.39 is 0 Å². The molecule has 0 aliphatic carbocycles. The predicted octanol–water partition coefficient (Wildman–Crippen LogP) is 1.74. The van der Waals surface area contributed by atoms with Gasteiger partial charge in [-0.3, -0.25) is 4.79 Å². The van der Waals surface area contributed by atoms with Crippen molar-refractivity contribution in [2.75, 3.05) is 5.88 Å². The standard InChI is InChI=1S/C10H8ClNO3/c11-4-8(14)6-1-2-7-9(3-6)15-10(5-13)12-7/h1-3,13H,4-5H2. The molecule has 0 saturated heterocycles. The maximum atomic E-state index is 11.3. The Labute approximate surface area is 90.5 Å². The van der Waals surface area contributed by atoms with Gasteiger partial charge in [-0.1, -0.05) is 0 Å². The van der Waals surface area contributed by atoms with Crippen molar-refractivity contribution in [3.05, 3.63) is 29.7 Å². The molecule has 4 nitrogen and oxygen atoms in total. The largest absolute Gasteiger partial charge is 0.438 e. The van der Waals surface area contributed by atoms with Gasteiger partial charge in [-0.2, -0.15) is 0 Å². The molecule has 0 unspecified atom stereocenters. The number of ketones is 1. The maximum Gasteiger partial charge on any atom is 0.221 e. The molecule has 0 bridgehead atoms. The van der Waals surface area contributed by atoms with Crippen LogP contribution >= 0.6 is 11.6 Å². The molecule has 2 aromatic rings. The van der Waals surface area contributed by atoms with Gasteiger partial charge in [-0.25, -0.2) is 4.98 Å². The van der Waals surface area contributed by atoms with Crippen molar-refractivity contribution in [1.82, 2.24) is 4.98 Å². The molecule has 0 spiro atoms. The second kappa shape index (κ2) is 4.00. The van der Waals surface area contributed by atoms with Gasteiger partial charge in [0.2, 0.25) is 5.89 Å². The van der Waals surface area contributed by atoms with Gasteiger partial charge in [-0.15, -0.1) is 11.6 Å². The van der Waals surface area contributed by atoms with Crippen LogP contribution in [0.1, 0.15) is 16.2 Å². The lowest BCUT2D eigenvalue weighted by Gasteiger charge is -1.94. The van der Waals surface area contributed by atoms with Gasteiger partial charge in [0.05, 0.1) is 5.88 Å².